The largest absolute Gasteiger partial charge is 0.493 e. The number of ether oxygens (including phenoxy) is 1. The Hall–Kier alpha value is -1.80. The summed E-state index contributed by atoms with van der Waals surface area (Å²) in [5, 5.41) is 9.70. The molecule has 1 N–H and O–H groups in total. The van der Waals surface area contributed by atoms with Gasteiger partial charge in [-0.25, -0.2) is 0 Å². The first-order valence-electron chi connectivity index (χ1n) is 6.74. The zero-order valence-corrected chi connectivity index (χ0v) is 11.3. The molecule has 0 fully saturated rings. The zero-order chi connectivity index (χ0) is 13.5. The van der Waals surface area contributed by atoms with Gasteiger partial charge in [-0.15, -0.1) is 0 Å². The highest BCUT2D eigenvalue weighted by molar-refractivity contribution is 5.28. The van der Waals surface area contributed by atoms with Gasteiger partial charge in [0.2, 0.25) is 0 Å². The minimum atomic E-state index is -0.377. The van der Waals surface area contributed by atoms with E-state index in [1.165, 1.54) is 5.56 Å². The lowest BCUT2D eigenvalue weighted by molar-refractivity contribution is 0.173. The summed E-state index contributed by atoms with van der Waals surface area (Å²) in [6, 6.07) is 18.0. The summed E-state index contributed by atoms with van der Waals surface area (Å²) in [7, 11) is 0. The Morgan fingerprint density at radius 2 is 1.68 bits per heavy atom. The average Bonchev–Trinajstić information content (AvgIpc) is 2.48. The molecule has 100 valence electrons. The molecular formula is C17H20O2. The van der Waals surface area contributed by atoms with Gasteiger partial charge in [-0.2, -0.15) is 0 Å². The monoisotopic (exact) mass is 256 g/mol. The minimum Gasteiger partial charge on any atom is -0.493 e. The van der Waals surface area contributed by atoms with Crippen molar-refractivity contribution in [1.82, 2.24) is 0 Å². The third-order valence-electron chi connectivity index (χ3n) is 3.15. The lowest BCUT2D eigenvalue weighted by Gasteiger charge is -2.10. The highest BCUT2D eigenvalue weighted by Crippen LogP contribution is 2.19. The van der Waals surface area contributed by atoms with Crippen LogP contribution in [0.3, 0.4) is 0 Å². The van der Waals surface area contributed by atoms with Crippen LogP contribution in [0.4, 0.5) is 0 Å². The maximum absolute atomic E-state index is 9.70. The van der Waals surface area contributed by atoms with E-state index in [2.05, 4.69) is 12.1 Å². The van der Waals surface area contributed by atoms with Crippen LogP contribution in [0.1, 0.15) is 30.6 Å². The molecule has 0 unspecified atom stereocenters. The zero-order valence-electron chi connectivity index (χ0n) is 11.3. The number of benzene rings is 2. The van der Waals surface area contributed by atoms with Gasteiger partial charge >= 0.3 is 0 Å². The van der Waals surface area contributed by atoms with Crippen molar-refractivity contribution in [1.29, 1.82) is 0 Å². The van der Waals surface area contributed by atoms with Gasteiger partial charge in [0, 0.05) is 6.42 Å². The Labute approximate surface area is 114 Å². The van der Waals surface area contributed by atoms with Crippen LogP contribution in [0, 0.1) is 0 Å². The Morgan fingerprint density at radius 1 is 1.00 bits per heavy atom. The fourth-order valence-corrected chi connectivity index (χ4v) is 1.95. The molecule has 2 heteroatoms. The van der Waals surface area contributed by atoms with Crippen LogP contribution in [-0.2, 0) is 6.42 Å². The third-order valence-corrected chi connectivity index (χ3v) is 3.15. The molecule has 1 atom stereocenters. The van der Waals surface area contributed by atoms with E-state index in [0.29, 0.717) is 6.61 Å². The molecule has 2 rings (SSSR count). The fourth-order valence-electron chi connectivity index (χ4n) is 1.95. The van der Waals surface area contributed by atoms with E-state index >= 15 is 0 Å². The lowest BCUT2D eigenvalue weighted by atomic mass is 10.1. The lowest BCUT2D eigenvalue weighted by Crippen LogP contribution is -2.01. The molecule has 0 spiro atoms. The van der Waals surface area contributed by atoms with Gasteiger partial charge in [0.15, 0.2) is 0 Å². The molecule has 0 aliphatic rings. The van der Waals surface area contributed by atoms with E-state index in [1.54, 1.807) is 0 Å². The quantitative estimate of drug-likeness (QED) is 0.853. The first kappa shape index (κ1) is 13.6. The highest BCUT2D eigenvalue weighted by atomic mass is 16.5. The molecule has 0 heterocycles. The Balaban J connectivity index is 1.83. The summed E-state index contributed by atoms with van der Waals surface area (Å²) < 4.78 is 5.70. The van der Waals surface area contributed by atoms with Crippen molar-refractivity contribution in [3.63, 3.8) is 0 Å². The predicted molar refractivity (Wildman–Crippen MR) is 77.3 cm³/mol. The Morgan fingerprint density at radius 3 is 2.32 bits per heavy atom. The summed E-state index contributed by atoms with van der Waals surface area (Å²) in [4.78, 5) is 0. The summed E-state index contributed by atoms with van der Waals surface area (Å²) in [5.41, 5.74) is 2.22. The van der Waals surface area contributed by atoms with Crippen LogP contribution in [0.5, 0.6) is 5.75 Å². The second kappa shape index (κ2) is 6.95. The summed E-state index contributed by atoms with van der Waals surface area (Å²) >= 11 is 0. The van der Waals surface area contributed by atoms with Crippen molar-refractivity contribution in [2.24, 2.45) is 0 Å². The van der Waals surface area contributed by atoms with E-state index in [0.717, 1.165) is 24.2 Å². The van der Waals surface area contributed by atoms with Crippen LogP contribution in [0.2, 0.25) is 0 Å². The molecule has 0 amide bonds. The van der Waals surface area contributed by atoms with Crippen molar-refractivity contribution < 1.29 is 9.84 Å². The molecule has 0 saturated carbocycles. The van der Waals surface area contributed by atoms with E-state index in [9.17, 15) is 5.11 Å². The van der Waals surface area contributed by atoms with E-state index in [4.69, 9.17) is 4.74 Å². The number of aliphatic hydroxyl groups is 1. The van der Waals surface area contributed by atoms with Gasteiger partial charge in [0.05, 0.1) is 12.7 Å². The molecule has 2 nitrogen and oxygen atoms in total. The number of hydrogen-bond acceptors (Lipinski definition) is 2. The first-order valence-corrected chi connectivity index (χ1v) is 6.74. The number of rotatable bonds is 6. The van der Waals surface area contributed by atoms with Crippen LogP contribution in [0.25, 0.3) is 0 Å². The van der Waals surface area contributed by atoms with E-state index in [-0.39, 0.29) is 6.10 Å². The molecule has 0 bridgehead atoms. The molecule has 2 aromatic rings. The number of aliphatic hydroxyl groups excluding tert-OH is 1. The van der Waals surface area contributed by atoms with Crippen molar-refractivity contribution >= 4 is 0 Å². The molecular weight excluding hydrogens is 236 g/mol. The maximum atomic E-state index is 9.70. The maximum Gasteiger partial charge on any atom is 0.119 e. The first-order chi connectivity index (χ1) is 9.29. The summed E-state index contributed by atoms with van der Waals surface area (Å²) in [6.07, 6.45) is 1.26. The molecule has 19 heavy (non-hydrogen) atoms. The average molecular weight is 256 g/mol. The standard InChI is InChI=1S/C17H20O2/c1-2-17(18)15-8-10-16(11-9-15)19-13-12-14-6-4-3-5-7-14/h3-11,17-18H,2,12-13H2,1H3/t17-/m1/s1. The van der Waals surface area contributed by atoms with Crippen molar-refractivity contribution in [3.05, 3.63) is 65.7 Å². The molecule has 0 aromatic heterocycles. The molecule has 2 aromatic carbocycles. The smallest absolute Gasteiger partial charge is 0.119 e. The van der Waals surface area contributed by atoms with Gasteiger partial charge in [-0.1, -0.05) is 49.4 Å². The van der Waals surface area contributed by atoms with Gasteiger partial charge < -0.3 is 9.84 Å². The molecule has 0 aliphatic carbocycles. The summed E-state index contributed by atoms with van der Waals surface area (Å²) in [6.45, 7) is 2.63. The predicted octanol–water partition coefficient (Wildman–Crippen LogP) is 3.75. The van der Waals surface area contributed by atoms with Crippen LogP contribution < -0.4 is 4.74 Å². The van der Waals surface area contributed by atoms with Crippen LogP contribution in [-0.4, -0.2) is 11.7 Å². The third kappa shape index (κ3) is 4.11. The Bertz CT molecular complexity index is 476. The van der Waals surface area contributed by atoms with Crippen molar-refractivity contribution in [3.8, 4) is 5.75 Å². The van der Waals surface area contributed by atoms with Crippen molar-refractivity contribution in [2.45, 2.75) is 25.9 Å². The second-order valence-corrected chi connectivity index (χ2v) is 4.58. The summed E-state index contributed by atoms with van der Waals surface area (Å²) in [5.74, 6) is 0.850. The Kier molecular flexibility index (Phi) is 4.99. The van der Waals surface area contributed by atoms with E-state index in [1.807, 2.05) is 49.4 Å². The normalized spacial score (nSPS) is 12.1. The fraction of sp³-hybridized carbons (Fsp3) is 0.294. The van der Waals surface area contributed by atoms with Crippen molar-refractivity contribution in [2.75, 3.05) is 6.61 Å². The van der Waals surface area contributed by atoms with Gasteiger partial charge in [0.25, 0.3) is 0 Å². The SMILES string of the molecule is CC[C@@H](O)c1ccc(OCCc2ccccc2)cc1. The molecule has 0 aliphatic heterocycles. The molecule has 0 radical (unpaired) electrons. The highest BCUT2D eigenvalue weighted by Gasteiger charge is 2.04. The van der Waals surface area contributed by atoms with Gasteiger partial charge in [-0.3, -0.25) is 0 Å². The number of hydrogen-bond donors (Lipinski definition) is 1. The van der Waals surface area contributed by atoms with Gasteiger partial charge in [-0.05, 0) is 29.7 Å². The van der Waals surface area contributed by atoms with Gasteiger partial charge in [0.1, 0.15) is 5.75 Å². The topological polar surface area (TPSA) is 29.5 Å². The minimum absolute atomic E-state index is 0.377. The van der Waals surface area contributed by atoms with Crippen LogP contribution >= 0.6 is 0 Å². The molecule has 0 saturated heterocycles. The van der Waals surface area contributed by atoms with Crippen LogP contribution in [0.15, 0.2) is 54.6 Å². The second-order valence-electron chi connectivity index (χ2n) is 4.58. The van der Waals surface area contributed by atoms with E-state index < -0.39 is 0 Å².